The number of esters is 1. The van der Waals surface area contributed by atoms with Crippen LogP contribution < -0.4 is 14.9 Å². The zero-order valence-corrected chi connectivity index (χ0v) is 21.5. The van der Waals surface area contributed by atoms with E-state index in [1.54, 1.807) is 24.5 Å². The number of carbonyl (C=O) groups excluding carboxylic acids is 1. The van der Waals surface area contributed by atoms with Gasteiger partial charge in [0, 0.05) is 16.7 Å². The van der Waals surface area contributed by atoms with E-state index in [9.17, 15) is 9.59 Å². The van der Waals surface area contributed by atoms with Crippen LogP contribution in [0.1, 0.15) is 36.8 Å². The van der Waals surface area contributed by atoms with Crippen molar-refractivity contribution in [2.24, 2.45) is 4.99 Å². The van der Waals surface area contributed by atoms with E-state index in [0.29, 0.717) is 37.1 Å². The highest BCUT2D eigenvalue weighted by Crippen LogP contribution is 2.31. The van der Waals surface area contributed by atoms with Crippen molar-refractivity contribution < 1.29 is 13.9 Å². The van der Waals surface area contributed by atoms with Gasteiger partial charge in [-0.3, -0.25) is 9.36 Å². The summed E-state index contributed by atoms with van der Waals surface area (Å²) in [7, 11) is 0. The molecule has 0 aliphatic carbocycles. The number of aryl methyl sites for hydroxylation is 1. The molecule has 4 aromatic rings. The van der Waals surface area contributed by atoms with Gasteiger partial charge in [-0.2, -0.15) is 0 Å². The zero-order chi connectivity index (χ0) is 25.4. The molecule has 36 heavy (non-hydrogen) atoms. The SMILES string of the molecule is CCOC(=O)C1=C(C)N=c2s/c(=C\c3ccc(-c4cc(Cl)ccc4C)o3)c(=O)n2C1c1ccccc1. The van der Waals surface area contributed by atoms with E-state index >= 15 is 0 Å². The third kappa shape index (κ3) is 4.36. The lowest BCUT2D eigenvalue weighted by Crippen LogP contribution is -2.39. The van der Waals surface area contributed by atoms with E-state index in [2.05, 4.69) is 4.99 Å². The average molecular weight is 519 g/mol. The van der Waals surface area contributed by atoms with Crippen LogP contribution in [-0.2, 0) is 9.53 Å². The standard InChI is InChI=1S/C28H23ClN2O4S/c1-4-34-27(33)24-17(3)30-28-31(25(24)18-8-6-5-7-9-18)26(32)23(36-28)15-20-12-13-22(35-20)21-14-19(29)11-10-16(21)2/h5-15,25H,4H2,1-3H3/b23-15-. The summed E-state index contributed by atoms with van der Waals surface area (Å²) < 4.78 is 13.4. The predicted octanol–water partition coefficient (Wildman–Crippen LogP) is 5.02. The van der Waals surface area contributed by atoms with Crippen LogP contribution in [0.5, 0.6) is 0 Å². The molecule has 5 rings (SSSR count). The fourth-order valence-corrected chi connectivity index (χ4v) is 5.51. The van der Waals surface area contributed by atoms with Gasteiger partial charge in [-0.15, -0.1) is 0 Å². The van der Waals surface area contributed by atoms with E-state index in [1.165, 1.54) is 11.3 Å². The van der Waals surface area contributed by atoms with E-state index in [1.807, 2.05) is 67.6 Å². The van der Waals surface area contributed by atoms with Crippen molar-refractivity contribution in [1.29, 1.82) is 0 Å². The van der Waals surface area contributed by atoms with Gasteiger partial charge in [-0.05, 0) is 56.2 Å². The molecule has 1 atom stereocenters. The number of carbonyl (C=O) groups is 1. The molecule has 6 nitrogen and oxygen atoms in total. The van der Waals surface area contributed by atoms with Gasteiger partial charge in [0.25, 0.3) is 5.56 Å². The van der Waals surface area contributed by atoms with Crippen molar-refractivity contribution in [2.75, 3.05) is 6.61 Å². The minimum atomic E-state index is -0.634. The number of rotatable bonds is 5. The van der Waals surface area contributed by atoms with E-state index < -0.39 is 12.0 Å². The average Bonchev–Trinajstić information content (AvgIpc) is 3.45. The number of fused-ring (bicyclic) bond motifs is 1. The Bertz CT molecular complexity index is 1680. The molecule has 1 unspecified atom stereocenters. The van der Waals surface area contributed by atoms with Crippen LogP contribution in [0.2, 0.25) is 5.02 Å². The molecule has 2 aromatic carbocycles. The van der Waals surface area contributed by atoms with Crippen LogP contribution in [0.3, 0.4) is 0 Å². The van der Waals surface area contributed by atoms with Gasteiger partial charge in [0.15, 0.2) is 4.80 Å². The van der Waals surface area contributed by atoms with Gasteiger partial charge in [-0.1, -0.05) is 59.3 Å². The summed E-state index contributed by atoms with van der Waals surface area (Å²) in [5, 5.41) is 0.621. The molecule has 0 N–H and O–H groups in total. The molecule has 0 bridgehead atoms. The number of halogens is 1. The smallest absolute Gasteiger partial charge is 0.338 e. The fourth-order valence-electron chi connectivity index (χ4n) is 4.31. The lowest BCUT2D eigenvalue weighted by atomic mass is 9.96. The second-order valence-electron chi connectivity index (χ2n) is 8.37. The largest absolute Gasteiger partial charge is 0.463 e. The number of hydrogen-bond acceptors (Lipinski definition) is 6. The summed E-state index contributed by atoms with van der Waals surface area (Å²) in [6.45, 7) is 5.74. The topological polar surface area (TPSA) is 73.8 Å². The minimum absolute atomic E-state index is 0.231. The first-order valence-corrected chi connectivity index (χ1v) is 12.7. The Morgan fingerprint density at radius 3 is 2.69 bits per heavy atom. The number of hydrogen-bond donors (Lipinski definition) is 0. The molecule has 3 heterocycles. The highest BCUT2D eigenvalue weighted by atomic mass is 35.5. The first-order valence-electron chi connectivity index (χ1n) is 11.5. The van der Waals surface area contributed by atoms with Crippen molar-refractivity contribution in [2.45, 2.75) is 26.8 Å². The summed E-state index contributed by atoms with van der Waals surface area (Å²) in [5.41, 5.74) is 3.37. The number of nitrogens with zero attached hydrogens (tertiary/aromatic N) is 2. The molecule has 2 aromatic heterocycles. The number of aromatic nitrogens is 1. The molecule has 1 aliphatic heterocycles. The van der Waals surface area contributed by atoms with Crippen molar-refractivity contribution in [3.63, 3.8) is 0 Å². The second kappa shape index (κ2) is 9.76. The summed E-state index contributed by atoms with van der Waals surface area (Å²) in [4.78, 5) is 31.7. The van der Waals surface area contributed by atoms with Crippen molar-refractivity contribution >= 4 is 35.0 Å². The molecular formula is C28H23ClN2O4S. The molecule has 182 valence electrons. The Kier molecular flexibility index (Phi) is 6.51. The number of benzene rings is 2. The number of allylic oxidation sites excluding steroid dienone is 1. The van der Waals surface area contributed by atoms with Crippen LogP contribution in [-0.4, -0.2) is 17.1 Å². The van der Waals surface area contributed by atoms with Crippen LogP contribution in [0.25, 0.3) is 17.4 Å². The van der Waals surface area contributed by atoms with E-state index in [4.69, 9.17) is 20.8 Å². The van der Waals surface area contributed by atoms with Crippen molar-refractivity contribution in [3.8, 4) is 11.3 Å². The molecular weight excluding hydrogens is 496 g/mol. The second-order valence-corrected chi connectivity index (χ2v) is 9.82. The molecule has 0 spiro atoms. The van der Waals surface area contributed by atoms with Crippen LogP contribution >= 0.6 is 22.9 Å². The van der Waals surface area contributed by atoms with Gasteiger partial charge in [0.1, 0.15) is 11.5 Å². The molecule has 0 saturated carbocycles. The highest BCUT2D eigenvalue weighted by Gasteiger charge is 2.33. The van der Waals surface area contributed by atoms with Crippen molar-refractivity contribution in [3.05, 3.63) is 114 Å². The van der Waals surface area contributed by atoms with Crippen LogP contribution in [0, 0.1) is 6.92 Å². The Morgan fingerprint density at radius 2 is 1.94 bits per heavy atom. The quantitative estimate of drug-likeness (QED) is 0.348. The molecule has 8 heteroatoms. The van der Waals surface area contributed by atoms with Gasteiger partial charge in [-0.25, -0.2) is 9.79 Å². The van der Waals surface area contributed by atoms with Crippen LogP contribution in [0.15, 0.2) is 86.1 Å². The summed E-state index contributed by atoms with van der Waals surface area (Å²) in [5.74, 6) is 0.721. The Morgan fingerprint density at radius 1 is 1.17 bits per heavy atom. The lowest BCUT2D eigenvalue weighted by molar-refractivity contribution is -0.139. The van der Waals surface area contributed by atoms with Crippen LogP contribution in [0.4, 0.5) is 0 Å². The molecule has 0 amide bonds. The fraction of sp³-hybridized carbons (Fsp3) is 0.179. The number of furan rings is 1. The Labute approximate surface area is 216 Å². The third-order valence-corrected chi connectivity index (χ3v) is 7.22. The predicted molar refractivity (Wildman–Crippen MR) is 141 cm³/mol. The van der Waals surface area contributed by atoms with Gasteiger partial charge >= 0.3 is 5.97 Å². The maximum Gasteiger partial charge on any atom is 0.338 e. The van der Waals surface area contributed by atoms with E-state index in [0.717, 1.165) is 16.7 Å². The molecule has 1 aliphatic rings. The third-order valence-electron chi connectivity index (χ3n) is 6.00. The normalized spacial score (nSPS) is 15.6. The first-order chi connectivity index (χ1) is 17.4. The Hall–Kier alpha value is -3.68. The zero-order valence-electron chi connectivity index (χ0n) is 19.9. The highest BCUT2D eigenvalue weighted by molar-refractivity contribution is 7.07. The van der Waals surface area contributed by atoms with Gasteiger partial charge < -0.3 is 9.15 Å². The summed E-state index contributed by atoms with van der Waals surface area (Å²) in [6, 6.07) is 18.1. The number of thiazole rings is 1. The maximum atomic E-state index is 13.7. The lowest BCUT2D eigenvalue weighted by Gasteiger charge is -2.24. The first kappa shape index (κ1) is 24.0. The maximum absolute atomic E-state index is 13.7. The minimum Gasteiger partial charge on any atom is -0.463 e. The molecule has 0 radical (unpaired) electrons. The van der Waals surface area contributed by atoms with E-state index in [-0.39, 0.29) is 12.2 Å². The number of ether oxygens (including phenoxy) is 1. The molecule has 0 saturated heterocycles. The molecule has 0 fully saturated rings. The monoisotopic (exact) mass is 518 g/mol. The summed E-state index contributed by atoms with van der Waals surface area (Å²) in [6.07, 6.45) is 1.71. The van der Waals surface area contributed by atoms with Gasteiger partial charge in [0.05, 0.1) is 28.5 Å². The van der Waals surface area contributed by atoms with Gasteiger partial charge in [0.2, 0.25) is 0 Å². The Balaban J connectivity index is 1.64. The summed E-state index contributed by atoms with van der Waals surface area (Å²) >= 11 is 7.43. The van der Waals surface area contributed by atoms with Crippen molar-refractivity contribution in [1.82, 2.24) is 4.57 Å².